The maximum absolute atomic E-state index is 12.8. The minimum absolute atomic E-state index is 0.0500. The minimum Gasteiger partial charge on any atom is -0.333 e. The molecule has 1 saturated heterocycles. The van der Waals surface area contributed by atoms with Crippen molar-refractivity contribution in [1.82, 2.24) is 14.2 Å². The zero-order chi connectivity index (χ0) is 21.4. The Labute approximate surface area is 167 Å². The second kappa shape index (κ2) is 7.75. The van der Waals surface area contributed by atoms with E-state index >= 15 is 0 Å². The lowest BCUT2D eigenvalue weighted by Gasteiger charge is -2.39. The minimum atomic E-state index is -4.53. The normalized spacial score (nSPS) is 18.7. The van der Waals surface area contributed by atoms with Gasteiger partial charge in [0.05, 0.1) is 16.0 Å². The largest absolute Gasteiger partial charge is 0.416 e. The molecule has 0 saturated carbocycles. The Morgan fingerprint density at radius 1 is 1.14 bits per heavy atom. The number of amides is 1. The van der Waals surface area contributed by atoms with Crippen LogP contribution in [0.1, 0.15) is 28.5 Å². The van der Waals surface area contributed by atoms with Crippen molar-refractivity contribution in [2.75, 3.05) is 19.6 Å². The summed E-state index contributed by atoms with van der Waals surface area (Å²) in [7, 11) is -3.96. The van der Waals surface area contributed by atoms with Crippen LogP contribution in [0.2, 0.25) is 0 Å². The molecule has 2 heterocycles. The summed E-state index contributed by atoms with van der Waals surface area (Å²) in [5.74, 6) is -0.227. The van der Waals surface area contributed by atoms with E-state index in [0.29, 0.717) is 11.3 Å². The van der Waals surface area contributed by atoms with Gasteiger partial charge in [0, 0.05) is 37.6 Å². The highest BCUT2D eigenvalue weighted by Crippen LogP contribution is 2.30. The summed E-state index contributed by atoms with van der Waals surface area (Å²) in [5.41, 5.74) is 0.134. The van der Waals surface area contributed by atoms with Gasteiger partial charge in [-0.1, -0.05) is 0 Å². The van der Waals surface area contributed by atoms with E-state index in [1.54, 1.807) is 37.1 Å². The molecule has 0 spiro atoms. The SMILES string of the molecule is Cc1ncccc1C(=O)N1CCN(S(=O)(=O)c2ccc(C(F)(F)F)cc2)CC1C. The summed E-state index contributed by atoms with van der Waals surface area (Å²) in [4.78, 5) is 18.3. The van der Waals surface area contributed by atoms with Crippen LogP contribution in [-0.4, -0.2) is 54.2 Å². The molecule has 29 heavy (non-hydrogen) atoms. The zero-order valence-electron chi connectivity index (χ0n) is 15.8. The summed E-state index contributed by atoms with van der Waals surface area (Å²) in [6.07, 6.45) is -2.95. The van der Waals surface area contributed by atoms with Gasteiger partial charge in [-0.05, 0) is 50.2 Å². The van der Waals surface area contributed by atoms with Gasteiger partial charge in [0.1, 0.15) is 0 Å². The smallest absolute Gasteiger partial charge is 0.333 e. The van der Waals surface area contributed by atoms with E-state index < -0.39 is 27.8 Å². The first-order valence-corrected chi connectivity index (χ1v) is 10.4. The Morgan fingerprint density at radius 3 is 2.34 bits per heavy atom. The predicted octanol–water partition coefficient (Wildman–Crippen LogP) is 2.94. The predicted molar refractivity (Wildman–Crippen MR) is 99.7 cm³/mol. The van der Waals surface area contributed by atoms with E-state index in [9.17, 15) is 26.4 Å². The van der Waals surface area contributed by atoms with Gasteiger partial charge in [-0.2, -0.15) is 17.5 Å². The highest BCUT2D eigenvalue weighted by atomic mass is 32.2. The molecule has 1 aliphatic rings. The highest BCUT2D eigenvalue weighted by Gasteiger charge is 2.36. The van der Waals surface area contributed by atoms with Crippen molar-refractivity contribution in [2.45, 2.75) is 31.0 Å². The maximum atomic E-state index is 12.8. The Balaban J connectivity index is 1.76. The summed E-state index contributed by atoms with van der Waals surface area (Å²) in [6.45, 7) is 3.74. The van der Waals surface area contributed by atoms with E-state index in [1.165, 1.54) is 4.31 Å². The number of carbonyl (C=O) groups excluding carboxylic acids is 1. The first-order valence-electron chi connectivity index (χ1n) is 8.92. The van der Waals surface area contributed by atoms with Crippen molar-refractivity contribution in [1.29, 1.82) is 0 Å². The second-order valence-corrected chi connectivity index (χ2v) is 8.81. The number of benzene rings is 1. The molecule has 1 aromatic carbocycles. The molecule has 1 unspecified atom stereocenters. The lowest BCUT2D eigenvalue weighted by molar-refractivity contribution is -0.137. The summed E-state index contributed by atoms with van der Waals surface area (Å²) < 4.78 is 65.0. The van der Waals surface area contributed by atoms with Crippen LogP contribution in [-0.2, 0) is 16.2 Å². The molecule has 1 amide bonds. The zero-order valence-corrected chi connectivity index (χ0v) is 16.7. The fourth-order valence-corrected chi connectivity index (χ4v) is 4.79. The molecule has 6 nitrogen and oxygen atoms in total. The Hall–Kier alpha value is -2.46. The first kappa shape index (κ1) is 21.3. The Morgan fingerprint density at radius 2 is 1.79 bits per heavy atom. The number of aromatic nitrogens is 1. The van der Waals surface area contributed by atoms with Crippen molar-refractivity contribution < 1.29 is 26.4 Å². The maximum Gasteiger partial charge on any atom is 0.416 e. The Kier molecular flexibility index (Phi) is 5.68. The second-order valence-electron chi connectivity index (χ2n) is 6.87. The van der Waals surface area contributed by atoms with Gasteiger partial charge in [-0.15, -0.1) is 0 Å². The number of nitrogens with zero attached hydrogens (tertiary/aromatic N) is 3. The summed E-state index contributed by atoms with van der Waals surface area (Å²) in [6, 6.07) is 6.35. The van der Waals surface area contributed by atoms with Crippen LogP contribution in [0, 0.1) is 6.92 Å². The molecule has 156 valence electrons. The molecule has 2 aromatic rings. The van der Waals surface area contributed by atoms with Gasteiger partial charge in [0.25, 0.3) is 5.91 Å². The number of hydrogen-bond acceptors (Lipinski definition) is 4. The monoisotopic (exact) mass is 427 g/mol. The average Bonchev–Trinajstić information content (AvgIpc) is 2.67. The average molecular weight is 427 g/mol. The summed E-state index contributed by atoms with van der Waals surface area (Å²) in [5, 5.41) is 0. The molecule has 10 heteroatoms. The quantitative estimate of drug-likeness (QED) is 0.755. The van der Waals surface area contributed by atoms with Crippen molar-refractivity contribution in [2.24, 2.45) is 0 Å². The van der Waals surface area contributed by atoms with Crippen molar-refractivity contribution >= 4 is 15.9 Å². The molecule has 1 atom stereocenters. The number of piperazine rings is 1. The molecule has 3 rings (SSSR count). The molecule has 0 bridgehead atoms. The van der Waals surface area contributed by atoms with Crippen LogP contribution >= 0.6 is 0 Å². The molecule has 0 aliphatic carbocycles. The van der Waals surface area contributed by atoms with Gasteiger partial charge in [0.2, 0.25) is 10.0 Å². The van der Waals surface area contributed by atoms with Crippen molar-refractivity contribution in [3.63, 3.8) is 0 Å². The molecule has 1 aliphatic heterocycles. The molecule has 1 aromatic heterocycles. The highest BCUT2D eigenvalue weighted by molar-refractivity contribution is 7.89. The molecule has 0 N–H and O–H groups in total. The third-order valence-corrected chi connectivity index (χ3v) is 6.79. The number of hydrogen-bond donors (Lipinski definition) is 0. The van der Waals surface area contributed by atoms with Crippen LogP contribution in [0.3, 0.4) is 0 Å². The topological polar surface area (TPSA) is 70.6 Å². The number of halogens is 3. The van der Waals surface area contributed by atoms with Crippen LogP contribution < -0.4 is 0 Å². The van der Waals surface area contributed by atoms with Gasteiger partial charge < -0.3 is 4.90 Å². The van der Waals surface area contributed by atoms with Gasteiger partial charge >= 0.3 is 6.18 Å². The van der Waals surface area contributed by atoms with Gasteiger partial charge in [-0.3, -0.25) is 9.78 Å². The van der Waals surface area contributed by atoms with Crippen molar-refractivity contribution in [3.8, 4) is 0 Å². The number of pyridine rings is 1. The first-order chi connectivity index (χ1) is 13.5. The summed E-state index contributed by atoms with van der Waals surface area (Å²) >= 11 is 0. The van der Waals surface area contributed by atoms with Crippen molar-refractivity contribution in [3.05, 3.63) is 59.4 Å². The van der Waals surface area contributed by atoms with Gasteiger partial charge in [0.15, 0.2) is 0 Å². The van der Waals surface area contributed by atoms with E-state index in [0.717, 1.165) is 24.3 Å². The lowest BCUT2D eigenvalue weighted by atomic mass is 10.1. The number of carbonyl (C=O) groups is 1. The molecule has 1 fully saturated rings. The van der Waals surface area contributed by atoms with Crippen LogP contribution in [0.4, 0.5) is 13.2 Å². The molecule has 0 radical (unpaired) electrons. The van der Waals surface area contributed by atoms with Crippen LogP contribution in [0.5, 0.6) is 0 Å². The molecular formula is C19H20F3N3O3S. The number of alkyl halides is 3. The van der Waals surface area contributed by atoms with E-state index in [2.05, 4.69) is 4.98 Å². The number of rotatable bonds is 3. The van der Waals surface area contributed by atoms with Crippen LogP contribution in [0.15, 0.2) is 47.5 Å². The molecular weight excluding hydrogens is 407 g/mol. The standard InChI is InChI=1S/C19H20F3N3O3S/c1-13-12-24(10-11-25(13)18(26)17-4-3-9-23-14(17)2)29(27,28)16-7-5-15(6-8-16)19(20,21)22/h3-9,13H,10-12H2,1-2H3. The third-order valence-electron chi connectivity index (χ3n) is 4.91. The van der Waals surface area contributed by atoms with E-state index in [-0.39, 0.29) is 30.4 Å². The fraction of sp³-hybridized carbons (Fsp3) is 0.368. The van der Waals surface area contributed by atoms with Gasteiger partial charge in [-0.25, -0.2) is 8.42 Å². The van der Waals surface area contributed by atoms with Crippen LogP contribution in [0.25, 0.3) is 0 Å². The lowest BCUT2D eigenvalue weighted by Crippen LogP contribution is -2.55. The third kappa shape index (κ3) is 4.27. The number of sulfonamides is 1. The number of aryl methyl sites for hydroxylation is 1. The Bertz CT molecular complexity index is 1010. The van der Waals surface area contributed by atoms with E-state index in [4.69, 9.17) is 0 Å². The fourth-order valence-electron chi connectivity index (χ4n) is 3.27. The van der Waals surface area contributed by atoms with E-state index in [1.807, 2.05) is 0 Å².